The second kappa shape index (κ2) is 9.90. The van der Waals surface area contributed by atoms with E-state index in [1.807, 2.05) is 47.2 Å². The number of nitrogens with one attached hydrogen (secondary N) is 1. The Bertz CT molecular complexity index is 1120. The van der Waals surface area contributed by atoms with Gasteiger partial charge in [-0.2, -0.15) is 0 Å². The Kier molecular flexibility index (Phi) is 6.98. The molecular weight excluding hydrogens is 467 g/mol. The van der Waals surface area contributed by atoms with Crippen LogP contribution < -0.4 is 5.32 Å². The molecule has 3 aromatic rings. The lowest BCUT2D eigenvalue weighted by Gasteiger charge is -2.29. The molecule has 1 fully saturated rings. The summed E-state index contributed by atoms with van der Waals surface area (Å²) in [5.41, 5.74) is 2.70. The lowest BCUT2D eigenvalue weighted by Crippen LogP contribution is -2.31. The summed E-state index contributed by atoms with van der Waals surface area (Å²) in [5.74, 6) is -0.239. The smallest absolute Gasteiger partial charge is 0.305 e. The molecule has 0 amide bonds. The first-order valence-electron chi connectivity index (χ1n) is 10.2. The normalized spacial score (nSPS) is 18.0. The minimum Gasteiger partial charge on any atom is -0.469 e. The minimum atomic E-state index is -0.239. The van der Waals surface area contributed by atoms with Crippen LogP contribution in [-0.4, -0.2) is 39.2 Å². The van der Waals surface area contributed by atoms with Gasteiger partial charge in [0.1, 0.15) is 0 Å². The van der Waals surface area contributed by atoms with Crippen LogP contribution in [0, 0.1) is 0 Å². The van der Waals surface area contributed by atoms with Crippen molar-refractivity contribution in [3.8, 4) is 5.69 Å². The number of hydrogen-bond donors (Lipinski definition) is 1. The van der Waals surface area contributed by atoms with Gasteiger partial charge in [-0.15, -0.1) is 0 Å². The Morgan fingerprint density at radius 2 is 2.06 bits per heavy atom. The second-order valence-electron chi connectivity index (χ2n) is 7.40. The zero-order valence-electron chi connectivity index (χ0n) is 17.4. The van der Waals surface area contributed by atoms with Crippen LogP contribution in [0.2, 0.25) is 10.0 Å². The maximum Gasteiger partial charge on any atom is 0.305 e. The van der Waals surface area contributed by atoms with Crippen molar-refractivity contribution in [2.75, 3.05) is 13.7 Å². The van der Waals surface area contributed by atoms with E-state index in [0.717, 1.165) is 17.1 Å². The number of esters is 1. The highest BCUT2D eigenvalue weighted by atomic mass is 35.5. The average molecular weight is 489 g/mol. The molecule has 166 valence electrons. The lowest BCUT2D eigenvalue weighted by molar-refractivity contribution is -0.140. The predicted molar refractivity (Wildman–Crippen MR) is 129 cm³/mol. The topological polar surface area (TPSA) is 59.4 Å². The average Bonchev–Trinajstić information content (AvgIpc) is 3.38. The van der Waals surface area contributed by atoms with E-state index in [4.69, 9.17) is 40.2 Å². The number of benzene rings is 1. The first-order chi connectivity index (χ1) is 15.5. The van der Waals surface area contributed by atoms with Crippen molar-refractivity contribution >= 4 is 46.5 Å². The summed E-state index contributed by atoms with van der Waals surface area (Å²) in [6.45, 7) is 0.592. The van der Waals surface area contributed by atoms with Gasteiger partial charge in [0.15, 0.2) is 5.11 Å². The van der Waals surface area contributed by atoms with Crippen LogP contribution in [0.5, 0.6) is 0 Å². The van der Waals surface area contributed by atoms with Crippen molar-refractivity contribution in [2.45, 2.75) is 24.9 Å². The Morgan fingerprint density at radius 1 is 1.22 bits per heavy atom. The standard InChI is InChI=1S/C23H22Cl2N4O2S/c1-31-20(30)8-5-13-29-22(21(27-23(29)32)17-6-2-3-11-26-17)19-7-4-12-28(19)18-10-9-15(24)14-16(18)25/h2-4,6-7,9-12,14,21-22H,5,8,13H2,1H3,(H,27,32)/t21-,22-/m0/s1. The molecule has 0 saturated carbocycles. The summed E-state index contributed by atoms with van der Waals surface area (Å²) in [5, 5.41) is 5.17. The molecule has 2 aromatic heterocycles. The Hall–Kier alpha value is -2.61. The van der Waals surface area contributed by atoms with Gasteiger partial charge in [-0.1, -0.05) is 29.3 Å². The zero-order valence-corrected chi connectivity index (χ0v) is 19.7. The molecule has 2 atom stereocenters. The summed E-state index contributed by atoms with van der Waals surface area (Å²) in [4.78, 5) is 18.3. The van der Waals surface area contributed by atoms with Crippen LogP contribution in [0.4, 0.5) is 0 Å². The molecule has 9 heteroatoms. The largest absolute Gasteiger partial charge is 0.469 e. The van der Waals surface area contributed by atoms with Gasteiger partial charge in [-0.05, 0) is 61.1 Å². The Morgan fingerprint density at radius 3 is 2.78 bits per heavy atom. The molecule has 1 saturated heterocycles. The van der Waals surface area contributed by atoms with Crippen LogP contribution in [0.3, 0.4) is 0 Å². The van der Waals surface area contributed by atoms with Crippen molar-refractivity contribution in [3.63, 3.8) is 0 Å². The highest BCUT2D eigenvalue weighted by Gasteiger charge is 2.41. The predicted octanol–water partition coefficient (Wildman–Crippen LogP) is 5.10. The van der Waals surface area contributed by atoms with Crippen LogP contribution in [0.25, 0.3) is 5.69 Å². The monoisotopic (exact) mass is 488 g/mol. The molecule has 1 aromatic carbocycles. The number of methoxy groups -OCH3 is 1. The third kappa shape index (κ3) is 4.60. The lowest BCUT2D eigenvalue weighted by atomic mass is 10.0. The molecule has 32 heavy (non-hydrogen) atoms. The summed E-state index contributed by atoms with van der Waals surface area (Å²) < 4.78 is 6.83. The quantitative estimate of drug-likeness (QED) is 0.368. The van der Waals surface area contributed by atoms with Gasteiger partial charge in [0.2, 0.25) is 0 Å². The first-order valence-corrected chi connectivity index (χ1v) is 11.3. The van der Waals surface area contributed by atoms with Crippen molar-refractivity contribution < 1.29 is 9.53 Å². The summed E-state index contributed by atoms with van der Waals surface area (Å²) in [6.07, 6.45) is 4.67. The van der Waals surface area contributed by atoms with Gasteiger partial charge in [0, 0.05) is 36.1 Å². The molecule has 6 nitrogen and oxygen atoms in total. The van der Waals surface area contributed by atoms with E-state index in [2.05, 4.69) is 21.3 Å². The number of pyridine rings is 1. The Balaban J connectivity index is 1.73. The van der Waals surface area contributed by atoms with Crippen LogP contribution in [0.15, 0.2) is 60.9 Å². The number of rotatable bonds is 7. The van der Waals surface area contributed by atoms with Gasteiger partial charge in [-0.3, -0.25) is 9.78 Å². The number of hydrogen-bond acceptors (Lipinski definition) is 4. The first kappa shape index (κ1) is 22.6. The maximum absolute atomic E-state index is 11.6. The second-order valence-corrected chi connectivity index (χ2v) is 8.63. The molecule has 1 aliphatic rings. The van der Waals surface area contributed by atoms with E-state index in [9.17, 15) is 4.79 Å². The van der Waals surface area contributed by atoms with E-state index < -0.39 is 0 Å². The third-order valence-corrected chi connectivity index (χ3v) is 6.35. The van der Waals surface area contributed by atoms with Gasteiger partial charge in [-0.25, -0.2) is 0 Å². The van der Waals surface area contributed by atoms with E-state index in [-0.39, 0.29) is 18.1 Å². The van der Waals surface area contributed by atoms with Crippen molar-refractivity contribution in [2.24, 2.45) is 0 Å². The van der Waals surface area contributed by atoms with E-state index in [1.165, 1.54) is 7.11 Å². The van der Waals surface area contributed by atoms with E-state index in [0.29, 0.717) is 34.5 Å². The minimum absolute atomic E-state index is 0.156. The molecule has 0 unspecified atom stereocenters. The van der Waals surface area contributed by atoms with E-state index in [1.54, 1.807) is 12.3 Å². The highest BCUT2D eigenvalue weighted by Crippen LogP contribution is 2.40. The van der Waals surface area contributed by atoms with Gasteiger partial charge in [0.05, 0.1) is 35.6 Å². The summed E-state index contributed by atoms with van der Waals surface area (Å²) >= 11 is 18.3. The number of ether oxygens (including phenoxy) is 1. The fourth-order valence-electron chi connectivity index (χ4n) is 3.99. The highest BCUT2D eigenvalue weighted by molar-refractivity contribution is 7.80. The molecule has 4 rings (SSSR count). The molecule has 0 radical (unpaired) electrons. The number of thiocarbonyl (C=S) groups is 1. The van der Waals surface area contributed by atoms with Crippen LogP contribution in [0.1, 0.15) is 36.3 Å². The summed E-state index contributed by atoms with van der Waals surface area (Å²) in [6, 6.07) is 15.0. The summed E-state index contributed by atoms with van der Waals surface area (Å²) in [7, 11) is 1.40. The number of carbonyl (C=O) groups is 1. The van der Waals surface area contributed by atoms with Crippen molar-refractivity contribution in [3.05, 3.63) is 82.4 Å². The Labute approximate surface area is 202 Å². The van der Waals surface area contributed by atoms with Crippen molar-refractivity contribution in [1.82, 2.24) is 19.8 Å². The number of halogens is 2. The van der Waals surface area contributed by atoms with Crippen LogP contribution in [-0.2, 0) is 9.53 Å². The van der Waals surface area contributed by atoms with E-state index >= 15 is 0 Å². The van der Waals surface area contributed by atoms with Crippen LogP contribution >= 0.6 is 35.4 Å². The van der Waals surface area contributed by atoms with Gasteiger partial charge < -0.3 is 19.5 Å². The third-order valence-electron chi connectivity index (χ3n) is 5.46. The molecule has 1 N–H and O–H groups in total. The molecule has 3 heterocycles. The SMILES string of the molecule is COC(=O)CCCN1C(=S)N[C@@H](c2ccccn2)[C@@H]1c1cccn1-c1ccc(Cl)cc1Cl. The van der Waals surface area contributed by atoms with Gasteiger partial charge >= 0.3 is 5.97 Å². The fraction of sp³-hybridized carbons (Fsp3) is 0.261. The zero-order chi connectivity index (χ0) is 22.7. The molecule has 0 bridgehead atoms. The fourth-order valence-corrected chi connectivity index (χ4v) is 4.83. The molecular formula is C23H22Cl2N4O2S. The molecule has 0 spiro atoms. The van der Waals surface area contributed by atoms with Crippen molar-refractivity contribution in [1.29, 1.82) is 0 Å². The number of carbonyl (C=O) groups excluding carboxylic acids is 1. The number of nitrogens with zero attached hydrogens (tertiary/aromatic N) is 3. The molecule has 1 aliphatic heterocycles. The molecule has 0 aliphatic carbocycles. The maximum atomic E-state index is 11.6. The number of aromatic nitrogens is 2. The van der Waals surface area contributed by atoms with Gasteiger partial charge in [0.25, 0.3) is 0 Å².